The van der Waals surface area contributed by atoms with Crippen molar-refractivity contribution < 1.29 is 19.8 Å². The van der Waals surface area contributed by atoms with E-state index < -0.39 is 11.9 Å². The summed E-state index contributed by atoms with van der Waals surface area (Å²) in [5.74, 6) is -1.60. The summed E-state index contributed by atoms with van der Waals surface area (Å²) >= 11 is 5.80. The number of fused-ring (bicyclic) bond motifs is 1. The SMILES string of the molecule is O=C(O)C=Cc1ccc(C=NNC(=O)c2ccc(O)c(Cl)c2)c2ccccc12. The van der Waals surface area contributed by atoms with Gasteiger partial charge in [0.2, 0.25) is 0 Å². The minimum Gasteiger partial charge on any atom is -0.506 e. The first-order valence-electron chi connectivity index (χ1n) is 8.20. The first kappa shape index (κ1) is 19.1. The zero-order valence-corrected chi connectivity index (χ0v) is 15.2. The highest BCUT2D eigenvalue weighted by atomic mass is 35.5. The molecule has 0 aliphatic rings. The molecule has 140 valence electrons. The van der Waals surface area contributed by atoms with Crippen molar-refractivity contribution in [1.82, 2.24) is 5.43 Å². The number of aliphatic carboxylic acids is 1. The second kappa shape index (κ2) is 8.37. The number of halogens is 1. The Balaban J connectivity index is 1.84. The number of aromatic hydroxyl groups is 1. The van der Waals surface area contributed by atoms with Crippen molar-refractivity contribution in [1.29, 1.82) is 0 Å². The van der Waals surface area contributed by atoms with Crippen molar-refractivity contribution in [3.8, 4) is 5.75 Å². The van der Waals surface area contributed by atoms with E-state index in [1.807, 2.05) is 24.3 Å². The van der Waals surface area contributed by atoms with Crippen molar-refractivity contribution >= 4 is 46.5 Å². The number of carboxylic acids is 1. The van der Waals surface area contributed by atoms with Gasteiger partial charge in [-0.05, 0) is 40.6 Å². The third kappa shape index (κ3) is 4.36. The highest BCUT2D eigenvalue weighted by Crippen LogP contribution is 2.24. The van der Waals surface area contributed by atoms with E-state index in [9.17, 15) is 14.7 Å². The van der Waals surface area contributed by atoms with Crippen molar-refractivity contribution in [2.24, 2.45) is 5.10 Å². The Morgan fingerprint density at radius 2 is 1.68 bits per heavy atom. The van der Waals surface area contributed by atoms with Crippen LogP contribution < -0.4 is 5.43 Å². The molecule has 0 saturated heterocycles. The van der Waals surface area contributed by atoms with E-state index in [1.165, 1.54) is 30.5 Å². The molecule has 0 heterocycles. The van der Waals surface area contributed by atoms with Gasteiger partial charge in [-0.1, -0.05) is 48.0 Å². The summed E-state index contributed by atoms with van der Waals surface area (Å²) in [5, 5.41) is 24.0. The summed E-state index contributed by atoms with van der Waals surface area (Å²) in [4.78, 5) is 22.9. The smallest absolute Gasteiger partial charge is 0.328 e. The van der Waals surface area contributed by atoms with Crippen LogP contribution in [0.3, 0.4) is 0 Å². The van der Waals surface area contributed by atoms with E-state index >= 15 is 0 Å². The van der Waals surface area contributed by atoms with Gasteiger partial charge in [-0.25, -0.2) is 10.2 Å². The molecular formula is C21H15ClN2O4. The number of nitrogens with zero attached hydrogens (tertiary/aromatic N) is 1. The Labute approximate surface area is 165 Å². The molecule has 0 aromatic heterocycles. The number of rotatable bonds is 5. The molecule has 0 saturated carbocycles. The topological polar surface area (TPSA) is 99.0 Å². The van der Waals surface area contributed by atoms with Crippen LogP contribution in [0.4, 0.5) is 0 Å². The van der Waals surface area contributed by atoms with Crippen LogP contribution in [0.5, 0.6) is 5.75 Å². The zero-order valence-electron chi connectivity index (χ0n) is 14.5. The lowest BCUT2D eigenvalue weighted by Gasteiger charge is -2.06. The molecule has 3 N–H and O–H groups in total. The zero-order chi connectivity index (χ0) is 20.1. The van der Waals surface area contributed by atoms with Gasteiger partial charge in [0.05, 0.1) is 11.2 Å². The average Bonchev–Trinajstić information content (AvgIpc) is 2.69. The summed E-state index contributed by atoms with van der Waals surface area (Å²) in [5.41, 5.74) is 4.19. The first-order valence-corrected chi connectivity index (χ1v) is 8.58. The van der Waals surface area contributed by atoms with Gasteiger partial charge in [-0.3, -0.25) is 4.79 Å². The minimum atomic E-state index is -1.02. The summed E-state index contributed by atoms with van der Waals surface area (Å²) in [6.45, 7) is 0. The number of carbonyl (C=O) groups excluding carboxylic acids is 1. The molecule has 7 heteroatoms. The van der Waals surface area contributed by atoms with E-state index in [0.717, 1.165) is 28.0 Å². The number of carbonyl (C=O) groups is 2. The minimum absolute atomic E-state index is 0.0765. The number of hydrazone groups is 1. The van der Waals surface area contributed by atoms with Crippen LogP contribution in [0.15, 0.2) is 65.8 Å². The van der Waals surface area contributed by atoms with Crippen molar-refractivity contribution in [3.05, 3.63) is 82.4 Å². The largest absolute Gasteiger partial charge is 0.506 e. The molecule has 1 amide bonds. The van der Waals surface area contributed by atoms with Crippen LogP contribution in [-0.4, -0.2) is 28.3 Å². The fourth-order valence-corrected chi connectivity index (χ4v) is 2.82. The van der Waals surface area contributed by atoms with Crippen molar-refractivity contribution in [2.75, 3.05) is 0 Å². The lowest BCUT2D eigenvalue weighted by atomic mass is 10.00. The maximum absolute atomic E-state index is 12.1. The van der Waals surface area contributed by atoms with Crippen molar-refractivity contribution in [2.45, 2.75) is 0 Å². The van der Waals surface area contributed by atoms with Crippen LogP contribution >= 0.6 is 11.6 Å². The molecule has 0 spiro atoms. The molecule has 28 heavy (non-hydrogen) atoms. The third-order valence-electron chi connectivity index (χ3n) is 3.98. The fourth-order valence-electron chi connectivity index (χ4n) is 2.64. The summed E-state index contributed by atoms with van der Waals surface area (Å²) in [6.07, 6.45) is 4.12. The number of phenolic OH excluding ortho intramolecular Hbond substituents is 1. The number of phenols is 1. The Morgan fingerprint density at radius 3 is 2.36 bits per heavy atom. The van der Waals surface area contributed by atoms with E-state index in [0.29, 0.717) is 0 Å². The van der Waals surface area contributed by atoms with Gasteiger partial charge in [0.1, 0.15) is 5.75 Å². The Hall–Kier alpha value is -3.64. The van der Waals surface area contributed by atoms with Gasteiger partial charge in [-0.2, -0.15) is 5.10 Å². The average molecular weight is 395 g/mol. The summed E-state index contributed by atoms with van der Waals surface area (Å²) in [7, 11) is 0. The normalized spacial score (nSPS) is 11.3. The number of nitrogens with one attached hydrogen (secondary N) is 1. The summed E-state index contributed by atoms with van der Waals surface area (Å²) in [6, 6.07) is 15.2. The number of amides is 1. The van der Waals surface area contributed by atoms with Gasteiger partial charge in [0, 0.05) is 17.2 Å². The van der Waals surface area contributed by atoms with E-state index in [-0.39, 0.29) is 16.3 Å². The van der Waals surface area contributed by atoms with E-state index in [2.05, 4.69) is 10.5 Å². The molecular weight excluding hydrogens is 380 g/mol. The molecule has 0 bridgehead atoms. The first-order chi connectivity index (χ1) is 13.5. The molecule has 3 aromatic rings. The van der Waals surface area contributed by atoms with Gasteiger partial charge in [-0.15, -0.1) is 0 Å². The van der Waals surface area contributed by atoms with E-state index in [1.54, 1.807) is 12.1 Å². The van der Waals surface area contributed by atoms with Gasteiger partial charge < -0.3 is 10.2 Å². The molecule has 3 aromatic carbocycles. The number of carboxylic acid groups (broad SMARTS) is 1. The highest BCUT2D eigenvalue weighted by molar-refractivity contribution is 6.32. The lowest BCUT2D eigenvalue weighted by Crippen LogP contribution is -2.17. The maximum atomic E-state index is 12.1. The number of hydrogen-bond donors (Lipinski definition) is 3. The molecule has 0 radical (unpaired) electrons. The third-order valence-corrected chi connectivity index (χ3v) is 4.28. The molecule has 0 aliphatic carbocycles. The molecule has 6 nitrogen and oxygen atoms in total. The second-order valence-electron chi connectivity index (χ2n) is 5.83. The number of hydrogen-bond acceptors (Lipinski definition) is 4. The molecule has 0 unspecified atom stereocenters. The molecule has 0 aliphatic heterocycles. The fraction of sp³-hybridized carbons (Fsp3) is 0. The lowest BCUT2D eigenvalue weighted by molar-refractivity contribution is -0.131. The van der Waals surface area contributed by atoms with Crippen LogP contribution in [-0.2, 0) is 4.79 Å². The molecule has 3 rings (SSSR count). The summed E-state index contributed by atoms with van der Waals surface area (Å²) < 4.78 is 0. The highest BCUT2D eigenvalue weighted by Gasteiger charge is 2.08. The predicted octanol–water partition coefficient (Wildman–Crippen LogP) is 4.06. The van der Waals surface area contributed by atoms with Gasteiger partial charge in [0.15, 0.2) is 0 Å². The Kier molecular flexibility index (Phi) is 5.72. The standard InChI is InChI=1S/C21H15ClN2O4/c22-18-11-14(7-9-19(18)25)21(28)24-23-12-15-6-5-13(8-10-20(26)27)16-3-1-2-4-17(15)16/h1-12,25H,(H,24,28)(H,26,27). The maximum Gasteiger partial charge on any atom is 0.328 e. The van der Waals surface area contributed by atoms with Gasteiger partial charge >= 0.3 is 5.97 Å². The van der Waals surface area contributed by atoms with Crippen LogP contribution in [0, 0.1) is 0 Å². The number of benzene rings is 3. The second-order valence-corrected chi connectivity index (χ2v) is 6.23. The predicted molar refractivity (Wildman–Crippen MR) is 109 cm³/mol. The molecule has 0 atom stereocenters. The van der Waals surface area contributed by atoms with Crippen LogP contribution in [0.2, 0.25) is 5.02 Å². The monoisotopic (exact) mass is 394 g/mol. The van der Waals surface area contributed by atoms with E-state index in [4.69, 9.17) is 16.7 Å². The Morgan fingerprint density at radius 1 is 1.00 bits per heavy atom. The Bertz CT molecular complexity index is 1120. The van der Waals surface area contributed by atoms with Gasteiger partial charge in [0.25, 0.3) is 5.91 Å². The van der Waals surface area contributed by atoms with Crippen LogP contribution in [0.25, 0.3) is 16.8 Å². The van der Waals surface area contributed by atoms with Crippen molar-refractivity contribution in [3.63, 3.8) is 0 Å². The molecule has 0 fully saturated rings. The quantitative estimate of drug-likeness (QED) is 0.345. The van der Waals surface area contributed by atoms with Crippen LogP contribution in [0.1, 0.15) is 21.5 Å².